The molecule has 6 nitrogen and oxygen atoms in total. The van der Waals surface area contributed by atoms with Crippen molar-refractivity contribution in [3.05, 3.63) is 12.2 Å². The van der Waals surface area contributed by atoms with Crippen molar-refractivity contribution in [1.29, 1.82) is 0 Å². The first-order chi connectivity index (χ1) is 9.21. The topological polar surface area (TPSA) is 62.1 Å². The van der Waals surface area contributed by atoms with E-state index in [1.807, 2.05) is 11.5 Å². The van der Waals surface area contributed by atoms with Crippen molar-refractivity contribution >= 4 is 22.8 Å². The van der Waals surface area contributed by atoms with Crippen LogP contribution in [-0.4, -0.2) is 45.7 Å². The molecular formula is C12H17ClN4O2. The molecule has 0 radical (unpaired) electrons. The van der Waals surface area contributed by atoms with E-state index in [1.165, 1.54) is 6.33 Å². The van der Waals surface area contributed by atoms with Crippen LogP contribution in [0.25, 0.3) is 11.2 Å². The van der Waals surface area contributed by atoms with Gasteiger partial charge in [-0.2, -0.15) is 4.98 Å². The second-order valence-electron chi connectivity index (χ2n) is 4.18. The molecule has 0 fully saturated rings. The van der Waals surface area contributed by atoms with Crippen molar-refractivity contribution in [2.75, 3.05) is 20.1 Å². The highest BCUT2D eigenvalue weighted by Crippen LogP contribution is 2.22. The Bertz CT molecular complexity index is 558. The highest BCUT2D eigenvalue weighted by atomic mass is 35.5. The molecule has 2 rings (SSSR count). The van der Waals surface area contributed by atoms with Crippen LogP contribution in [0.4, 0.5) is 0 Å². The largest absolute Gasteiger partial charge is 0.479 e. The number of nitrogens with zero attached hydrogens (tertiary/aromatic N) is 4. The molecule has 1 unspecified atom stereocenters. The average molecular weight is 285 g/mol. The minimum atomic E-state index is 0.0624. The lowest BCUT2D eigenvalue weighted by Gasteiger charge is -2.13. The fraction of sp³-hybridized carbons (Fsp3) is 0.583. The first-order valence-corrected chi connectivity index (χ1v) is 6.57. The van der Waals surface area contributed by atoms with E-state index in [9.17, 15) is 0 Å². The number of aromatic nitrogens is 4. The fourth-order valence-electron chi connectivity index (χ4n) is 1.91. The van der Waals surface area contributed by atoms with Gasteiger partial charge in [-0.3, -0.25) is 0 Å². The van der Waals surface area contributed by atoms with Gasteiger partial charge >= 0.3 is 0 Å². The number of alkyl halides is 1. The summed E-state index contributed by atoms with van der Waals surface area (Å²) in [5, 5.41) is 0. The molecule has 7 heteroatoms. The number of hydrogen-bond acceptors (Lipinski definition) is 5. The fourth-order valence-corrected chi connectivity index (χ4v) is 2.08. The van der Waals surface area contributed by atoms with E-state index >= 15 is 0 Å². The van der Waals surface area contributed by atoms with Gasteiger partial charge in [-0.05, 0) is 6.92 Å². The summed E-state index contributed by atoms with van der Waals surface area (Å²) >= 11 is 5.83. The number of hydrogen-bond donors (Lipinski definition) is 0. The molecule has 0 amide bonds. The predicted molar refractivity (Wildman–Crippen MR) is 72.8 cm³/mol. The number of imidazole rings is 1. The van der Waals surface area contributed by atoms with E-state index in [-0.39, 0.29) is 6.10 Å². The molecule has 2 aromatic heterocycles. The van der Waals surface area contributed by atoms with Gasteiger partial charge < -0.3 is 14.0 Å². The van der Waals surface area contributed by atoms with E-state index in [2.05, 4.69) is 15.0 Å². The van der Waals surface area contributed by atoms with Crippen molar-refractivity contribution in [3.8, 4) is 5.88 Å². The first-order valence-electron chi connectivity index (χ1n) is 6.04. The molecule has 0 aromatic carbocycles. The number of halogens is 1. The van der Waals surface area contributed by atoms with Gasteiger partial charge in [0.1, 0.15) is 12.2 Å². The second kappa shape index (κ2) is 6.16. The smallest absolute Gasteiger partial charge is 0.245 e. The standard InChI is InChI=1S/C12H17ClN4O2/c1-8(18-2)6-17-9(4-5-13)16-10-11(17)14-7-15-12(10)19-3/h7-8H,4-6H2,1-3H3. The highest BCUT2D eigenvalue weighted by Gasteiger charge is 2.17. The van der Waals surface area contributed by atoms with E-state index in [4.69, 9.17) is 21.1 Å². The summed E-state index contributed by atoms with van der Waals surface area (Å²) < 4.78 is 12.5. The van der Waals surface area contributed by atoms with Gasteiger partial charge in [0, 0.05) is 19.4 Å². The van der Waals surface area contributed by atoms with E-state index in [0.29, 0.717) is 30.2 Å². The molecule has 2 heterocycles. The van der Waals surface area contributed by atoms with E-state index < -0.39 is 0 Å². The van der Waals surface area contributed by atoms with Crippen molar-refractivity contribution in [3.63, 3.8) is 0 Å². The third-order valence-corrected chi connectivity index (χ3v) is 3.12. The SMILES string of the molecule is COc1ncnc2c1nc(CCCl)n2CC(C)OC. The molecule has 19 heavy (non-hydrogen) atoms. The summed E-state index contributed by atoms with van der Waals surface area (Å²) in [5.41, 5.74) is 1.41. The molecule has 0 saturated heterocycles. The van der Waals surface area contributed by atoms with E-state index in [0.717, 1.165) is 11.5 Å². The van der Waals surface area contributed by atoms with Crippen LogP contribution < -0.4 is 4.74 Å². The van der Waals surface area contributed by atoms with Crippen LogP contribution in [0.2, 0.25) is 0 Å². The van der Waals surface area contributed by atoms with Crippen molar-refractivity contribution in [2.24, 2.45) is 0 Å². The van der Waals surface area contributed by atoms with Gasteiger partial charge in [0.25, 0.3) is 0 Å². The molecule has 0 N–H and O–H groups in total. The Kier molecular flexibility index (Phi) is 4.55. The summed E-state index contributed by atoms with van der Waals surface area (Å²) in [5.74, 6) is 1.85. The molecule has 104 valence electrons. The Balaban J connectivity index is 2.53. The molecule has 0 aliphatic rings. The lowest BCUT2D eigenvalue weighted by molar-refractivity contribution is 0.103. The zero-order valence-corrected chi connectivity index (χ0v) is 12.0. The maximum atomic E-state index is 5.83. The van der Waals surface area contributed by atoms with Crippen molar-refractivity contribution in [2.45, 2.75) is 26.0 Å². The van der Waals surface area contributed by atoms with Gasteiger partial charge in [-0.25, -0.2) is 9.97 Å². The maximum absolute atomic E-state index is 5.83. The molecular weight excluding hydrogens is 268 g/mol. The van der Waals surface area contributed by atoms with Gasteiger partial charge in [-0.1, -0.05) is 0 Å². The molecule has 0 bridgehead atoms. The van der Waals surface area contributed by atoms with Crippen LogP contribution in [0.15, 0.2) is 6.33 Å². The highest BCUT2D eigenvalue weighted by molar-refractivity contribution is 6.17. The maximum Gasteiger partial charge on any atom is 0.245 e. The minimum Gasteiger partial charge on any atom is -0.479 e. The Morgan fingerprint density at radius 1 is 1.37 bits per heavy atom. The van der Waals surface area contributed by atoms with Gasteiger partial charge in [0.05, 0.1) is 19.8 Å². The van der Waals surface area contributed by atoms with Crippen LogP contribution >= 0.6 is 11.6 Å². The van der Waals surface area contributed by atoms with Crippen LogP contribution in [0, 0.1) is 0 Å². The number of rotatable bonds is 6. The summed E-state index contributed by atoms with van der Waals surface area (Å²) in [6.07, 6.45) is 2.20. The van der Waals surface area contributed by atoms with Crippen LogP contribution in [0.1, 0.15) is 12.7 Å². The molecule has 0 spiro atoms. The van der Waals surface area contributed by atoms with Crippen LogP contribution in [0.5, 0.6) is 5.88 Å². The monoisotopic (exact) mass is 284 g/mol. The third kappa shape index (κ3) is 2.79. The summed E-state index contributed by atoms with van der Waals surface area (Å²) in [7, 11) is 3.25. The van der Waals surface area contributed by atoms with E-state index in [1.54, 1.807) is 14.2 Å². The molecule has 1 atom stereocenters. The minimum absolute atomic E-state index is 0.0624. The Hall–Kier alpha value is -1.40. The number of methoxy groups -OCH3 is 2. The molecule has 0 saturated carbocycles. The zero-order chi connectivity index (χ0) is 13.8. The lowest BCUT2D eigenvalue weighted by atomic mass is 10.3. The summed E-state index contributed by atoms with van der Waals surface area (Å²) in [6.45, 7) is 2.66. The first kappa shape index (κ1) is 14.0. The second-order valence-corrected chi connectivity index (χ2v) is 4.56. The Morgan fingerprint density at radius 3 is 2.79 bits per heavy atom. The van der Waals surface area contributed by atoms with Crippen molar-refractivity contribution < 1.29 is 9.47 Å². The molecule has 0 aliphatic heterocycles. The number of aryl methyl sites for hydroxylation is 1. The quantitative estimate of drug-likeness (QED) is 0.755. The lowest BCUT2D eigenvalue weighted by Crippen LogP contribution is -2.17. The average Bonchev–Trinajstić information content (AvgIpc) is 2.77. The van der Waals surface area contributed by atoms with Crippen LogP contribution in [-0.2, 0) is 17.7 Å². The van der Waals surface area contributed by atoms with Crippen molar-refractivity contribution in [1.82, 2.24) is 19.5 Å². The van der Waals surface area contributed by atoms with Gasteiger partial charge in [-0.15, -0.1) is 11.6 Å². The Labute approximate surface area is 116 Å². The molecule has 0 aliphatic carbocycles. The number of fused-ring (bicyclic) bond motifs is 1. The van der Waals surface area contributed by atoms with Gasteiger partial charge in [0.15, 0.2) is 11.2 Å². The van der Waals surface area contributed by atoms with Crippen LogP contribution in [0.3, 0.4) is 0 Å². The number of ether oxygens (including phenoxy) is 2. The predicted octanol–water partition coefficient (Wildman–Crippen LogP) is 1.65. The Morgan fingerprint density at radius 2 is 2.16 bits per heavy atom. The normalized spacial score (nSPS) is 12.8. The summed E-state index contributed by atoms with van der Waals surface area (Å²) in [6, 6.07) is 0. The third-order valence-electron chi connectivity index (χ3n) is 2.93. The zero-order valence-electron chi connectivity index (χ0n) is 11.3. The summed E-state index contributed by atoms with van der Waals surface area (Å²) in [4.78, 5) is 12.9. The molecule has 2 aromatic rings. The van der Waals surface area contributed by atoms with Gasteiger partial charge in [0.2, 0.25) is 5.88 Å².